The van der Waals surface area contributed by atoms with Crippen LogP contribution in [0, 0.1) is 0 Å². The fourth-order valence-corrected chi connectivity index (χ4v) is 3.72. The third kappa shape index (κ3) is 3.94. The van der Waals surface area contributed by atoms with Crippen molar-refractivity contribution in [2.24, 2.45) is 0 Å². The first-order chi connectivity index (χ1) is 12.5. The Labute approximate surface area is 159 Å². The molecule has 0 fully saturated rings. The normalized spacial score (nSPS) is 12.5. The first kappa shape index (κ1) is 18.5. The van der Waals surface area contributed by atoms with Gasteiger partial charge in [-0.2, -0.15) is 0 Å². The van der Waals surface area contributed by atoms with Crippen LogP contribution in [0.1, 0.15) is 49.8 Å². The number of carbonyl (C=O) groups excluding carboxylic acids is 1. The molecule has 2 aromatic carbocycles. The summed E-state index contributed by atoms with van der Waals surface area (Å²) >= 11 is 6.23. The van der Waals surface area contributed by atoms with Gasteiger partial charge in [-0.15, -0.1) is 0 Å². The average Bonchev–Trinajstić information content (AvgIpc) is 3.03. The van der Waals surface area contributed by atoms with Crippen LogP contribution in [0.5, 0.6) is 0 Å². The van der Waals surface area contributed by atoms with E-state index in [1.807, 2.05) is 44.3 Å². The van der Waals surface area contributed by atoms with Crippen molar-refractivity contribution in [3.63, 3.8) is 0 Å². The first-order valence-electron chi connectivity index (χ1n) is 9.13. The summed E-state index contributed by atoms with van der Waals surface area (Å²) in [7, 11) is 0. The third-order valence-corrected chi connectivity index (χ3v) is 4.92. The molecule has 3 rings (SSSR count). The summed E-state index contributed by atoms with van der Waals surface area (Å²) in [6.07, 6.45) is 3.40. The fraction of sp³-hybridized carbons (Fsp3) is 0.318. The number of halogens is 1. The van der Waals surface area contributed by atoms with Crippen LogP contribution in [0.4, 0.5) is 0 Å². The highest BCUT2D eigenvalue weighted by Gasteiger charge is 2.22. The van der Waals surface area contributed by atoms with E-state index in [1.165, 1.54) is 10.9 Å². The minimum Gasteiger partial charge on any atom is -0.361 e. The Balaban J connectivity index is 2.07. The topological polar surface area (TPSA) is 44.9 Å². The number of benzene rings is 2. The molecule has 0 radical (unpaired) electrons. The van der Waals surface area contributed by atoms with Gasteiger partial charge in [-0.25, -0.2) is 0 Å². The van der Waals surface area contributed by atoms with E-state index in [-0.39, 0.29) is 17.9 Å². The molecule has 0 aliphatic heterocycles. The molecular weight excluding hydrogens is 344 g/mol. The minimum absolute atomic E-state index is 0.0472. The van der Waals surface area contributed by atoms with Gasteiger partial charge in [0.2, 0.25) is 5.91 Å². The van der Waals surface area contributed by atoms with Crippen molar-refractivity contribution in [2.45, 2.75) is 45.6 Å². The maximum atomic E-state index is 12.5. The Morgan fingerprint density at radius 3 is 2.65 bits per heavy atom. The van der Waals surface area contributed by atoms with Crippen LogP contribution in [0.15, 0.2) is 48.7 Å². The fourth-order valence-electron chi connectivity index (χ4n) is 3.52. The summed E-state index contributed by atoms with van der Waals surface area (Å²) in [6.45, 7) is 6.11. The quantitative estimate of drug-likeness (QED) is 0.598. The zero-order valence-electron chi connectivity index (χ0n) is 15.5. The van der Waals surface area contributed by atoms with Gasteiger partial charge in [0.25, 0.3) is 0 Å². The number of fused-ring (bicyclic) bond motifs is 1. The van der Waals surface area contributed by atoms with Crippen LogP contribution in [0.2, 0.25) is 5.02 Å². The summed E-state index contributed by atoms with van der Waals surface area (Å²) < 4.78 is 0. The Hall–Kier alpha value is -2.26. The largest absolute Gasteiger partial charge is 0.361 e. The molecule has 3 nitrogen and oxygen atoms in total. The summed E-state index contributed by atoms with van der Waals surface area (Å²) in [5.74, 6) is -0.000669. The molecule has 136 valence electrons. The zero-order valence-corrected chi connectivity index (χ0v) is 16.2. The molecule has 1 aromatic heterocycles. The van der Waals surface area contributed by atoms with Crippen LogP contribution in [0.3, 0.4) is 0 Å². The Bertz CT molecular complexity index is 913. The van der Waals surface area contributed by atoms with Gasteiger partial charge in [0.15, 0.2) is 0 Å². The smallest absolute Gasteiger partial charge is 0.221 e. The number of carbonyl (C=O) groups is 1. The molecule has 1 unspecified atom stereocenters. The van der Waals surface area contributed by atoms with Crippen molar-refractivity contribution >= 4 is 28.4 Å². The van der Waals surface area contributed by atoms with Gasteiger partial charge in [0.1, 0.15) is 0 Å². The Kier molecular flexibility index (Phi) is 5.67. The van der Waals surface area contributed by atoms with Gasteiger partial charge in [0.05, 0.1) is 0 Å². The van der Waals surface area contributed by atoms with Crippen molar-refractivity contribution in [2.75, 3.05) is 0 Å². The highest BCUT2D eigenvalue weighted by atomic mass is 35.5. The van der Waals surface area contributed by atoms with E-state index < -0.39 is 0 Å². The number of aromatic amines is 1. The van der Waals surface area contributed by atoms with Gasteiger partial charge in [-0.05, 0) is 49.1 Å². The van der Waals surface area contributed by atoms with Gasteiger partial charge < -0.3 is 10.3 Å². The van der Waals surface area contributed by atoms with Gasteiger partial charge in [-0.1, -0.05) is 48.9 Å². The Morgan fingerprint density at radius 1 is 1.19 bits per heavy atom. The second-order valence-corrected chi connectivity index (χ2v) is 7.41. The minimum atomic E-state index is -0.0479. The zero-order chi connectivity index (χ0) is 18.7. The molecule has 1 heterocycles. The molecule has 0 bridgehead atoms. The second-order valence-electron chi connectivity index (χ2n) is 6.97. The maximum Gasteiger partial charge on any atom is 0.221 e. The molecule has 0 saturated carbocycles. The highest BCUT2D eigenvalue weighted by molar-refractivity contribution is 6.30. The molecule has 2 N–H and O–H groups in total. The number of H-pyrrole nitrogens is 1. The molecule has 0 saturated heterocycles. The lowest BCUT2D eigenvalue weighted by atomic mass is 9.87. The number of hydrogen-bond acceptors (Lipinski definition) is 1. The molecule has 3 aromatic rings. The molecule has 0 aliphatic rings. The molecule has 1 amide bonds. The van der Waals surface area contributed by atoms with Crippen molar-refractivity contribution in [1.29, 1.82) is 0 Å². The predicted molar refractivity (Wildman–Crippen MR) is 109 cm³/mol. The first-order valence-corrected chi connectivity index (χ1v) is 9.51. The van der Waals surface area contributed by atoms with Crippen LogP contribution < -0.4 is 5.32 Å². The molecule has 0 spiro atoms. The number of para-hydroxylation sites is 1. The average molecular weight is 369 g/mol. The number of amides is 1. The van der Waals surface area contributed by atoms with Crippen molar-refractivity contribution in [1.82, 2.24) is 10.3 Å². The lowest BCUT2D eigenvalue weighted by Gasteiger charge is -2.18. The van der Waals surface area contributed by atoms with Crippen LogP contribution in [-0.4, -0.2) is 16.9 Å². The number of hydrogen-bond donors (Lipinski definition) is 2. The molecule has 4 heteroatoms. The summed E-state index contributed by atoms with van der Waals surface area (Å²) in [6, 6.07) is 14.3. The van der Waals surface area contributed by atoms with Crippen molar-refractivity contribution in [3.05, 3.63) is 70.4 Å². The van der Waals surface area contributed by atoms with Crippen LogP contribution >= 0.6 is 11.6 Å². The predicted octanol–water partition coefficient (Wildman–Crippen LogP) is 5.43. The maximum absolute atomic E-state index is 12.5. The number of aromatic nitrogens is 1. The molecule has 1 atom stereocenters. The SMILES string of the molecule is CCc1cccc2c(C(CC(=O)NC(C)C)c3cccc(Cl)c3)c[nH]c12. The molecular formula is C22H25ClN2O. The van der Waals surface area contributed by atoms with Crippen molar-refractivity contribution in [3.8, 4) is 0 Å². The number of rotatable bonds is 6. The van der Waals surface area contributed by atoms with E-state index in [0.717, 1.165) is 23.1 Å². The van der Waals surface area contributed by atoms with E-state index in [2.05, 4.69) is 35.4 Å². The van der Waals surface area contributed by atoms with E-state index in [1.54, 1.807) is 0 Å². The van der Waals surface area contributed by atoms with Crippen LogP contribution in [0.25, 0.3) is 10.9 Å². The highest BCUT2D eigenvalue weighted by Crippen LogP contribution is 2.35. The van der Waals surface area contributed by atoms with Crippen LogP contribution in [-0.2, 0) is 11.2 Å². The molecule has 26 heavy (non-hydrogen) atoms. The molecule has 0 aliphatic carbocycles. The van der Waals surface area contributed by atoms with Gasteiger partial charge in [0, 0.05) is 40.5 Å². The summed E-state index contributed by atoms with van der Waals surface area (Å²) in [5.41, 5.74) is 4.63. The number of nitrogens with one attached hydrogen (secondary N) is 2. The van der Waals surface area contributed by atoms with Gasteiger partial charge in [-0.3, -0.25) is 4.79 Å². The van der Waals surface area contributed by atoms with E-state index in [9.17, 15) is 4.79 Å². The Morgan fingerprint density at radius 2 is 1.96 bits per heavy atom. The lowest BCUT2D eigenvalue weighted by Crippen LogP contribution is -2.31. The van der Waals surface area contributed by atoms with E-state index in [0.29, 0.717) is 11.4 Å². The lowest BCUT2D eigenvalue weighted by molar-refractivity contribution is -0.121. The van der Waals surface area contributed by atoms with Crippen molar-refractivity contribution < 1.29 is 4.79 Å². The number of aryl methyl sites for hydroxylation is 1. The van der Waals surface area contributed by atoms with E-state index in [4.69, 9.17) is 11.6 Å². The van der Waals surface area contributed by atoms with Gasteiger partial charge >= 0.3 is 0 Å². The summed E-state index contributed by atoms with van der Waals surface area (Å²) in [4.78, 5) is 15.9. The second kappa shape index (κ2) is 7.96. The third-order valence-electron chi connectivity index (χ3n) is 4.68. The monoisotopic (exact) mass is 368 g/mol. The standard InChI is InChI=1S/C22H25ClN2O/c1-4-15-7-6-10-18-20(13-24-22(15)18)19(12-21(26)25-14(2)3)16-8-5-9-17(23)11-16/h5-11,13-14,19,24H,4,12H2,1-3H3,(H,25,26). The summed E-state index contributed by atoms with van der Waals surface area (Å²) in [5, 5.41) is 4.87. The van der Waals surface area contributed by atoms with E-state index >= 15 is 0 Å².